The molecule has 0 spiro atoms. The minimum atomic E-state index is -0.675. The molecule has 0 heterocycles. The largest absolute Gasteiger partial charge is 0.484 e. The summed E-state index contributed by atoms with van der Waals surface area (Å²) in [6.07, 6.45) is 0. The maximum absolute atomic E-state index is 12.9. The second-order valence-electron chi connectivity index (χ2n) is 6.56. The predicted molar refractivity (Wildman–Crippen MR) is 112 cm³/mol. The van der Waals surface area contributed by atoms with Gasteiger partial charge in [0.05, 0.1) is 0 Å². The van der Waals surface area contributed by atoms with Gasteiger partial charge in [-0.1, -0.05) is 41.4 Å². The minimum absolute atomic E-state index is 0.202. The first kappa shape index (κ1) is 22.1. The molecule has 2 aromatic rings. The summed E-state index contributed by atoms with van der Waals surface area (Å²) in [6.45, 7) is 5.42. The first-order valence-corrected chi connectivity index (χ1v) is 9.64. The van der Waals surface area contributed by atoms with E-state index < -0.39 is 6.04 Å². The molecule has 0 saturated carbocycles. The number of hydrogen-bond acceptors (Lipinski definition) is 3. The Morgan fingerprint density at radius 3 is 2.32 bits per heavy atom. The lowest BCUT2D eigenvalue weighted by Crippen LogP contribution is -2.48. The highest BCUT2D eigenvalue weighted by atomic mass is 35.5. The highest BCUT2D eigenvalue weighted by Crippen LogP contribution is 2.26. The fourth-order valence-corrected chi connectivity index (χ4v) is 3.12. The zero-order valence-corrected chi connectivity index (χ0v) is 17.9. The van der Waals surface area contributed by atoms with Crippen LogP contribution in [0.3, 0.4) is 0 Å². The zero-order chi connectivity index (χ0) is 20.8. The van der Waals surface area contributed by atoms with E-state index in [2.05, 4.69) is 5.32 Å². The molecule has 2 aromatic carbocycles. The molecule has 5 nitrogen and oxygen atoms in total. The number of benzene rings is 2. The number of nitrogens with zero attached hydrogens (tertiary/aromatic N) is 1. The van der Waals surface area contributed by atoms with Crippen molar-refractivity contribution in [3.63, 3.8) is 0 Å². The van der Waals surface area contributed by atoms with Crippen LogP contribution in [0.15, 0.2) is 36.4 Å². The third-order valence-electron chi connectivity index (χ3n) is 4.48. The topological polar surface area (TPSA) is 58.6 Å². The van der Waals surface area contributed by atoms with E-state index in [9.17, 15) is 9.59 Å². The fraction of sp³-hybridized carbons (Fsp3) is 0.333. The Morgan fingerprint density at radius 1 is 1.14 bits per heavy atom. The molecule has 150 valence electrons. The summed E-state index contributed by atoms with van der Waals surface area (Å²) in [5, 5.41) is 3.78. The average Bonchev–Trinajstić information content (AvgIpc) is 2.68. The molecule has 2 rings (SSSR count). The Labute approximate surface area is 175 Å². The van der Waals surface area contributed by atoms with Gasteiger partial charge in [-0.25, -0.2) is 0 Å². The maximum atomic E-state index is 12.9. The molecule has 0 saturated heterocycles. The Kier molecular flexibility index (Phi) is 7.72. The van der Waals surface area contributed by atoms with Gasteiger partial charge < -0.3 is 15.0 Å². The van der Waals surface area contributed by atoms with Crippen molar-refractivity contribution in [3.05, 3.63) is 63.1 Å². The first-order valence-electron chi connectivity index (χ1n) is 8.88. The summed E-state index contributed by atoms with van der Waals surface area (Å²) in [6, 6.07) is 10.1. The van der Waals surface area contributed by atoms with Crippen molar-refractivity contribution in [2.24, 2.45) is 0 Å². The van der Waals surface area contributed by atoms with Crippen molar-refractivity contribution in [2.75, 3.05) is 13.7 Å². The van der Waals surface area contributed by atoms with Gasteiger partial charge in [0.25, 0.3) is 5.91 Å². The van der Waals surface area contributed by atoms with Crippen LogP contribution in [-0.2, 0) is 16.1 Å². The number of ether oxygens (including phenoxy) is 1. The summed E-state index contributed by atoms with van der Waals surface area (Å²) >= 11 is 12.4. The maximum Gasteiger partial charge on any atom is 0.261 e. The van der Waals surface area contributed by atoms with Gasteiger partial charge in [0.15, 0.2) is 6.61 Å². The lowest BCUT2D eigenvalue weighted by molar-refractivity contribution is -0.142. The van der Waals surface area contributed by atoms with Crippen molar-refractivity contribution in [3.8, 4) is 5.75 Å². The molecule has 0 bridgehead atoms. The fourth-order valence-electron chi connectivity index (χ4n) is 2.82. The van der Waals surface area contributed by atoms with Crippen LogP contribution in [-0.4, -0.2) is 36.4 Å². The van der Waals surface area contributed by atoms with Crippen LogP contribution >= 0.6 is 23.2 Å². The molecule has 0 unspecified atom stereocenters. The van der Waals surface area contributed by atoms with Gasteiger partial charge in [0.2, 0.25) is 5.91 Å². The molecule has 0 aliphatic heterocycles. The molecule has 0 aromatic heterocycles. The predicted octanol–water partition coefficient (Wildman–Crippen LogP) is 4.15. The SMILES string of the molecule is CNC(=O)[C@@H](C)N(Cc1ccccc1Cl)C(=O)COc1cc(C)c(Cl)c(C)c1. The van der Waals surface area contributed by atoms with E-state index in [1.54, 1.807) is 25.1 Å². The van der Waals surface area contributed by atoms with Crippen LogP contribution in [0, 0.1) is 13.8 Å². The van der Waals surface area contributed by atoms with E-state index in [-0.39, 0.29) is 25.0 Å². The third-order valence-corrected chi connectivity index (χ3v) is 5.45. The second kappa shape index (κ2) is 9.80. The van der Waals surface area contributed by atoms with E-state index >= 15 is 0 Å². The van der Waals surface area contributed by atoms with Crippen LogP contribution in [0.5, 0.6) is 5.75 Å². The summed E-state index contributed by atoms with van der Waals surface area (Å²) in [5.41, 5.74) is 2.50. The number of carbonyl (C=O) groups excluding carboxylic acids is 2. The van der Waals surface area contributed by atoms with E-state index in [1.165, 1.54) is 11.9 Å². The van der Waals surface area contributed by atoms with E-state index in [0.717, 1.165) is 16.7 Å². The summed E-state index contributed by atoms with van der Waals surface area (Å²) in [4.78, 5) is 26.5. The Bertz CT molecular complexity index is 847. The van der Waals surface area contributed by atoms with E-state index in [1.807, 2.05) is 32.0 Å². The number of nitrogens with one attached hydrogen (secondary N) is 1. The highest BCUT2D eigenvalue weighted by molar-refractivity contribution is 6.32. The number of hydrogen-bond donors (Lipinski definition) is 1. The van der Waals surface area contributed by atoms with Crippen LogP contribution in [0.4, 0.5) is 0 Å². The third kappa shape index (κ3) is 5.40. The Morgan fingerprint density at radius 2 is 1.75 bits per heavy atom. The Hall–Kier alpha value is -2.24. The number of halogens is 2. The van der Waals surface area contributed by atoms with Gasteiger partial charge in [-0.05, 0) is 55.7 Å². The monoisotopic (exact) mass is 422 g/mol. The molecule has 0 aliphatic rings. The number of carbonyl (C=O) groups is 2. The van der Waals surface area contributed by atoms with Gasteiger partial charge in [-0.15, -0.1) is 0 Å². The second-order valence-corrected chi connectivity index (χ2v) is 7.35. The summed E-state index contributed by atoms with van der Waals surface area (Å²) in [7, 11) is 1.53. The van der Waals surface area contributed by atoms with Crippen LogP contribution < -0.4 is 10.1 Å². The van der Waals surface area contributed by atoms with Gasteiger partial charge in [-0.3, -0.25) is 9.59 Å². The quantitative estimate of drug-likeness (QED) is 0.728. The van der Waals surface area contributed by atoms with Crippen LogP contribution in [0.1, 0.15) is 23.6 Å². The standard InChI is InChI=1S/C21H24Cl2N2O3/c1-13-9-17(10-14(2)20(13)23)28-12-19(26)25(15(3)21(27)24-4)11-16-7-5-6-8-18(16)22/h5-10,15H,11-12H2,1-4H3,(H,24,27)/t15-/m1/s1. The lowest BCUT2D eigenvalue weighted by Gasteiger charge is -2.28. The van der Waals surface area contributed by atoms with E-state index in [4.69, 9.17) is 27.9 Å². The highest BCUT2D eigenvalue weighted by Gasteiger charge is 2.26. The van der Waals surface area contributed by atoms with Crippen molar-refractivity contribution >= 4 is 35.0 Å². The number of aryl methyl sites for hydroxylation is 2. The lowest BCUT2D eigenvalue weighted by atomic mass is 10.1. The minimum Gasteiger partial charge on any atom is -0.484 e. The van der Waals surface area contributed by atoms with Crippen molar-refractivity contribution in [2.45, 2.75) is 33.4 Å². The number of rotatable bonds is 7. The molecule has 28 heavy (non-hydrogen) atoms. The summed E-state index contributed by atoms with van der Waals surface area (Å²) < 4.78 is 5.68. The molecule has 1 atom stereocenters. The molecule has 0 aliphatic carbocycles. The normalized spacial score (nSPS) is 11.6. The molecule has 0 radical (unpaired) electrons. The smallest absolute Gasteiger partial charge is 0.261 e. The first-order chi connectivity index (χ1) is 13.2. The van der Waals surface area contributed by atoms with Gasteiger partial charge in [0, 0.05) is 23.6 Å². The van der Waals surface area contributed by atoms with Crippen molar-refractivity contribution in [1.82, 2.24) is 10.2 Å². The number of amides is 2. The Balaban J connectivity index is 2.19. The van der Waals surface area contributed by atoms with Gasteiger partial charge in [0.1, 0.15) is 11.8 Å². The van der Waals surface area contributed by atoms with Crippen LogP contribution in [0.25, 0.3) is 0 Å². The molecule has 2 amide bonds. The molecule has 1 N–H and O–H groups in total. The van der Waals surface area contributed by atoms with Gasteiger partial charge >= 0.3 is 0 Å². The van der Waals surface area contributed by atoms with Crippen molar-refractivity contribution < 1.29 is 14.3 Å². The van der Waals surface area contributed by atoms with E-state index in [0.29, 0.717) is 15.8 Å². The number of likely N-dealkylation sites (N-methyl/N-ethyl adjacent to an activating group) is 1. The molecular weight excluding hydrogens is 399 g/mol. The summed E-state index contributed by atoms with van der Waals surface area (Å²) in [5.74, 6) is -0.0297. The average molecular weight is 423 g/mol. The molecule has 0 fully saturated rings. The molecular formula is C21H24Cl2N2O3. The van der Waals surface area contributed by atoms with Crippen molar-refractivity contribution in [1.29, 1.82) is 0 Å². The molecule has 7 heteroatoms. The van der Waals surface area contributed by atoms with Gasteiger partial charge in [-0.2, -0.15) is 0 Å². The zero-order valence-electron chi connectivity index (χ0n) is 16.4. The van der Waals surface area contributed by atoms with Crippen LogP contribution in [0.2, 0.25) is 10.0 Å².